The highest BCUT2D eigenvalue weighted by molar-refractivity contribution is 9.10. The van der Waals surface area contributed by atoms with E-state index in [0.717, 1.165) is 22.3 Å². The molecule has 2 aromatic carbocycles. The van der Waals surface area contributed by atoms with Gasteiger partial charge in [-0.2, -0.15) is 13.2 Å². The second-order valence-corrected chi connectivity index (χ2v) is 5.73. The third-order valence-electron chi connectivity index (χ3n) is 2.98. The van der Waals surface area contributed by atoms with Gasteiger partial charge in [-0.3, -0.25) is 4.79 Å². The minimum Gasteiger partial charge on any atom is -0.384 e. The lowest BCUT2D eigenvalue weighted by Crippen LogP contribution is -2.16. The fourth-order valence-corrected chi connectivity index (χ4v) is 2.31. The van der Waals surface area contributed by atoms with Crippen LogP contribution in [0.2, 0.25) is 0 Å². The van der Waals surface area contributed by atoms with Gasteiger partial charge in [0.05, 0.1) is 5.56 Å². The summed E-state index contributed by atoms with van der Waals surface area (Å²) in [6.45, 7) is 0.376. The largest absolute Gasteiger partial charge is 0.416 e. The third kappa shape index (κ3) is 5.59. The molecule has 0 heterocycles. The van der Waals surface area contributed by atoms with Gasteiger partial charge >= 0.3 is 6.18 Å². The molecule has 0 aliphatic heterocycles. The molecule has 0 radical (unpaired) electrons. The lowest BCUT2D eigenvalue weighted by molar-refractivity contribution is -0.137. The third-order valence-corrected chi connectivity index (χ3v) is 3.47. The molecule has 0 aliphatic carbocycles. The molecule has 2 N–H and O–H groups in total. The lowest BCUT2D eigenvalue weighted by Gasteiger charge is -2.10. The maximum Gasteiger partial charge on any atom is 0.416 e. The van der Waals surface area contributed by atoms with Crippen LogP contribution in [0.15, 0.2) is 53.0 Å². The van der Waals surface area contributed by atoms with E-state index in [1.807, 2.05) is 24.3 Å². The molecule has 7 heteroatoms. The predicted molar refractivity (Wildman–Crippen MR) is 87.3 cm³/mol. The summed E-state index contributed by atoms with van der Waals surface area (Å²) in [5.74, 6) is -0.355. The Morgan fingerprint density at radius 2 is 1.74 bits per heavy atom. The summed E-state index contributed by atoms with van der Waals surface area (Å²) >= 11 is 3.34. The monoisotopic (exact) mass is 386 g/mol. The summed E-state index contributed by atoms with van der Waals surface area (Å²) in [5, 5.41) is 5.53. The van der Waals surface area contributed by atoms with Crippen molar-refractivity contribution in [1.82, 2.24) is 0 Å². The van der Waals surface area contributed by atoms with E-state index in [2.05, 4.69) is 26.6 Å². The molecule has 23 heavy (non-hydrogen) atoms. The van der Waals surface area contributed by atoms with Gasteiger partial charge in [0, 0.05) is 28.8 Å². The summed E-state index contributed by atoms with van der Waals surface area (Å²) in [6.07, 6.45) is -4.29. The van der Waals surface area contributed by atoms with Crippen molar-refractivity contribution in [3.05, 3.63) is 58.6 Å². The van der Waals surface area contributed by atoms with Crippen LogP contribution in [0.3, 0.4) is 0 Å². The molecule has 0 saturated heterocycles. The van der Waals surface area contributed by atoms with E-state index < -0.39 is 11.7 Å². The van der Waals surface area contributed by atoms with Crippen LogP contribution in [0.25, 0.3) is 0 Å². The van der Waals surface area contributed by atoms with Crippen molar-refractivity contribution in [1.29, 1.82) is 0 Å². The van der Waals surface area contributed by atoms with E-state index >= 15 is 0 Å². The van der Waals surface area contributed by atoms with Crippen molar-refractivity contribution in [3.63, 3.8) is 0 Å². The maximum atomic E-state index is 12.6. The van der Waals surface area contributed by atoms with Crippen molar-refractivity contribution in [2.24, 2.45) is 0 Å². The molecule has 0 aliphatic rings. The molecule has 0 unspecified atom stereocenters. The predicted octanol–water partition coefficient (Wildman–Crippen LogP) is 4.91. The normalized spacial score (nSPS) is 11.1. The van der Waals surface area contributed by atoms with Crippen LogP contribution < -0.4 is 10.6 Å². The zero-order chi connectivity index (χ0) is 16.9. The van der Waals surface area contributed by atoms with Gasteiger partial charge < -0.3 is 10.6 Å². The van der Waals surface area contributed by atoms with E-state index in [1.54, 1.807) is 0 Å². The first-order valence-electron chi connectivity index (χ1n) is 6.81. The molecule has 2 aromatic rings. The first kappa shape index (κ1) is 17.3. The molecule has 3 nitrogen and oxygen atoms in total. The Labute approximate surface area is 140 Å². The average Bonchev–Trinajstić information content (AvgIpc) is 2.46. The summed E-state index contributed by atoms with van der Waals surface area (Å²) < 4.78 is 38.7. The average molecular weight is 387 g/mol. The first-order chi connectivity index (χ1) is 10.8. The molecule has 0 saturated carbocycles. The van der Waals surface area contributed by atoms with Gasteiger partial charge in [0.25, 0.3) is 0 Å². The highest BCUT2D eigenvalue weighted by atomic mass is 79.9. The SMILES string of the molecule is O=C(CCNc1cccc(Br)c1)Nc1cccc(C(F)(F)F)c1. The molecule has 0 spiro atoms. The quantitative estimate of drug-likeness (QED) is 0.766. The van der Waals surface area contributed by atoms with Gasteiger partial charge in [-0.25, -0.2) is 0 Å². The molecular formula is C16H14BrF3N2O. The number of benzene rings is 2. The van der Waals surface area contributed by atoms with Crippen molar-refractivity contribution in [2.45, 2.75) is 12.6 Å². The maximum absolute atomic E-state index is 12.6. The van der Waals surface area contributed by atoms with E-state index in [4.69, 9.17) is 0 Å². The zero-order valence-electron chi connectivity index (χ0n) is 12.0. The molecule has 0 bridgehead atoms. The Kier molecular flexibility index (Phi) is 5.65. The number of alkyl halides is 3. The zero-order valence-corrected chi connectivity index (χ0v) is 13.5. The molecule has 1 amide bonds. The Morgan fingerprint density at radius 1 is 1.04 bits per heavy atom. The van der Waals surface area contributed by atoms with E-state index in [1.165, 1.54) is 12.1 Å². The number of rotatable bonds is 5. The van der Waals surface area contributed by atoms with Gasteiger partial charge in [-0.1, -0.05) is 28.1 Å². The van der Waals surface area contributed by atoms with E-state index in [-0.39, 0.29) is 18.0 Å². The van der Waals surface area contributed by atoms with Crippen LogP contribution in [-0.2, 0) is 11.0 Å². The Hall–Kier alpha value is -2.02. The highest BCUT2D eigenvalue weighted by Gasteiger charge is 2.30. The summed E-state index contributed by atoms with van der Waals surface area (Å²) in [6, 6.07) is 12.0. The van der Waals surface area contributed by atoms with Gasteiger partial charge in [-0.15, -0.1) is 0 Å². The van der Waals surface area contributed by atoms with Crippen LogP contribution in [0.1, 0.15) is 12.0 Å². The topological polar surface area (TPSA) is 41.1 Å². The van der Waals surface area contributed by atoms with Gasteiger partial charge in [0.1, 0.15) is 0 Å². The van der Waals surface area contributed by atoms with Gasteiger partial charge in [0.15, 0.2) is 0 Å². The number of carbonyl (C=O) groups is 1. The van der Waals surface area contributed by atoms with Crippen molar-refractivity contribution in [2.75, 3.05) is 17.2 Å². The number of carbonyl (C=O) groups excluding carboxylic acids is 1. The molecule has 0 atom stereocenters. The van der Waals surface area contributed by atoms with Crippen LogP contribution in [0.4, 0.5) is 24.5 Å². The molecule has 122 valence electrons. The smallest absolute Gasteiger partial charge is 0.384 e. The molecule has 0 aromatic heterocycles. The summed E-state index contributed by atoms with van der Waals surface area (Å²) in [4.78, 5) is 11.8. The van der Waals surface area contributed by atoms with Gasteiger partial charge in [-0.05, 0) is 36.4 Å². The number of hydrogen-bond donors (Lipinski definition) is 2. The van der Waals surface area contributed by atoms with Gasteiger partial charge in [0.2, 0.25) is 5.91 Å². The van der Waals surface area contributed by atoms with Crippen molar-refractivity contribution < 1.29 is 18.0 Å². The molecule has 2 rings (SSSR count). The van der Waals surface area contributed by atoms with Crippen molar-refractivity contribution in [3.8, 4) is 0 Å². The Balaban J connectivity index is 1.85. The number of nitrogens with one attached hydrogen (secondary N) is 2. The second kappa shape index (κ2) is 7.50. The minimum atomic E-state index is -4.43. The number of anilines is 2. The molecular weight excluding hydrogens is 373 g/mol. The van der Waals surface area contributed by atoms with Crippen molar-refractivity contribution >= 4 is 33.2 Å². The Bertz CT molecular complexity index is 689. The molecule has 0 fully saturated rings. The standard InChI is InChI=1S/C16H14BrF3N2O/c17-12-4-2-5-13(10-12)21-8-7-15(23)22-14-6-1-3-11(9-14)16(18,19)20/h1-6,9-10,21H,7-8H2,(H,22,23). The lowest BCUT2D eigenvalue weighted by atomic mass is 10.2. The number of amides is 1. The summed E-state index contributed by atoms with van der Waals surface area (Å²) in [5.41, 5.74) is 0.195. The van der Waals surface area contributed by atoms with Crippen LogP contribution in [0.5, 0.6) is 0 Å². The minimum absolute atomic E-state index is 0.132. The first-order valence-corrected chi connectivity index (χ1v) is 7.60. The highest BCUT2D eigenvalue weighted by Crippen LogP contribution is 2.30. The summed E-state index contributed by atoms with van der Waals surface area (Å²) in [7, 11) is 0. The van der Waals surface area contributed by atoms with E-state index in [0.29, 0.717) is 6.54 Å². The second-order valence-electron chi connectivity index (χ2n) is 4.81. The number of hydrogen-bond acceptors (Lipinski definition) is 2. The van der Waals surface area contributed by atoms with Crippen LogP contribution in [0, 0.1) is 0 Å². The Morgan fingerprint density at radius 3 is 2.43 bits per heavy atom. The van der Waals surface area contributed by atoms with Crippen LogP contribution in [-0.4, -0.2) is 12.5 Å². The number of halogens is 4. The van der Waals surface area contributed by atoms with E-state index in [9.17, 15) is 18.0 Å². The fraction of sp³-hybridized carbons (Fsp3) is 0.188. The van der Waals surface area contributed by atoms with Crippen LogP contribution >= 0.6 is 15.9 Å². The fourth-order valence-electron chi connectivity index (χ4n) is 1.92.